The number of carbonyl (C=O) groups is 1. The van der Waals surface area contributed by atoms with Crippen LogP contribution < -0.4 is 22.2 Å². The van der Waals surface area contributed by atoms with E-state index in [4.69, 9.17) is 10.5 Å². The number of aromatic nitrogens is 4. The molecule has 252 valence electrons. The summed E-state index contributed by atoms with van der Waals surface area (Å²) in [6.45, 7) is 12.3. The first-order valence-electron chi connectivity index (χ1n) is 16.6. The fourth-order valence-electron chi connectivity index (χ4n) is 6.11. The van der Waals surface area contributed by atoms with E-state index in [9.17, 15) is 14.4 Å². The van der Waals surface area contributed by atoms with Gasteiger partial charge in [0.25, 0.3) is 11.1 Å². The molecule has 3 N–H and O–H groups in total. The third-order valence-electron chi connectivity index (χ3n) is 8.71. The van der Waals surface area contributed by atoms with Crippen LogP contribution in [0, 0.1) is 0 Å². The SMILES string of the molecule is CC(C)(C)OC(=O)NC1CCN(CCn2c(=O)ccc3cccnc32)CC1.NC1CCN(CCn2c(=O)ccc3cccnc32)CC1. The molecular weight excluding hydrogens is 596 g/mol. The number of nitrogens with one attached hydrogen (secondary N) is 1. The number of hydrogen-bond acceptors (Lipinski definition) is 9. The van der Waals surface area contributed by atoms with Crippen LogP contribution in [0.3, 0.4) is 0 Å². The highest BCUT2D eigenvalue weighted by Gasteiger charge is 2.23. The van der Waals surface area contributed by atoms with E-state index in [1.807, 2.05) is 57.2 Å². The van der Waals surface area contributed by atoms with Crippen LogP contribution in [0.15, 0.2) is 70.5 Å². The summed E-state index contributed by atoms with van der Waals surface area (Å²) in [6, 6.07) is 15.1. The molecule has 0 radical (unpaired) electrons. The number of carbonyl (C=O) groups excluding carboxylic acids is 1. The molecule has 0 bridgehead atoms. The molecule has 6 rings (SSSR count). The Labute approximate surface area is 275 Å². The predicted molar refractivity (Wildman–Crippen MR) is 184 cm³/mol. The topological polar surface area (TPSA) is 141 Å². The average molecular weight is 645 g/mol. The summed E-state index contributed by atoms with van der Waals surface area (Å²) in [6.07, 6.45) is 6.94. The van der Waals surface area contributed by atoms with Crippen molar-refractivity contribution >= 4 is 28.2 Å². The standard InChI is InChI=1S/C20H28N4O3.C15H20N4O/c1-20(2,3)27-19(26)22-16-8-11-23(12-9-16)13-14-24-17(25)7-6-15-5-4-10-21-18(15)24;16-13-5-8-18(9-6-13)10-11-19-14(20)4-3-12-2-1-7-17-15(12)19/h4-7,10,16H,8-9,11-14H2,1-3H3,(H,22,26);1-4,7,13H,5-6,8-11,16H2. The highest BCUT2D eigenvalue weighted by Crippen LogP contribution is 2.14. The number of nitrogens with two attached hydrogens (primary N) is 1. The number of fused-ring (bicyclic) bond motifs is 2. The number of likely N-dealkylation sites (tertiary alicyclic amines) is 2. The highest BCUT2D eigenvalue weighted by atomic mass is 16.6. The fourth-order valence-corrected chi connectivity index (χ4v) is 6.11. The molecule has 4 aromatic rings. The number of pyridine rings is 4. The van der Waals surface area contributed by atoms with Gasteiger partial charge in [-0.05, 0) is 95.9 Å². The summed E-state index contributed by atoms with van der Waals surface area (Å²) >= 11 is 0. The monoisotopic (exact) mass is 644 g/mol. The molecule has 12 nitrogen and oxygen atoms in total. The summed E-state index contributed by atoms with van der Waals surface area (Å²) in [5.41, 5.74) is 6.92. The predicted octanol–water partition coefficient (Wildman–Crippen LogP) is 3.21. The van der Waals surface area contributed by atoms with Crippen LogP contribution in [-0.4, -0.2) is 91.9 Å². The minimum Gasteiger partial charge on any atom is -0.444 e. The van der Waals surface area contributed by atoms with Crippen molar-refractivity contribution in [3.8, 4) is 0 Å². The van der Waals surface area contributed by atoms with Gasteiger partial charge in [-0.25, -0.2) is 14.8 Å². The van der Waals surface area contributed by atoms with Gasteiger partial charge in [0.2, 0.25) is 0 Å². The van der Waals surface area contributed by atoms with Gasteiger partial charge < -0.3 is 25.6 Å². The maximum Gasteiger partial charge on any atom is 0.407 e. The number of nitrogens with zero attached hydrogens (tertiary/aromatic N) is 6. The lowest BCUT2D eigenvalue weighted by molar-refractivity contribution is 0.0478. The molecule has 0 atom stereocenters. The number of amides is 1. The Kier molecular flexibility index (Phi) is 11.4. The van der Waals surface area contributed by atoms with Gasteiger partial charge in [0.15, 0.2) is 0 Å². The van der Waals surface area contributed by atoms with Crippen molar-refractivity contribution in [2.24, 2.45) is 5.73 Å². The van der Waals surface area contributed by atoms with Crippen molar-refractivity contribution in [3.63, 3.8) is 0 Å². The van der Waals surface area contributed by atoms with Crippen LogP contribution in [-0.2, 0) is 17.8 Å². The van der Waals surface area contributed by atoms with Crippen LogP contribution in [0.1, 0.15) is 46.5 Å². The summed E-state index contributed by atoms with van der Waals surface area (Å²) in [4.78, 5) is 49.6. The maximum absolute atomic E-state index is 12.2. The number of piperidine rings is 2. The normalized spacial score (nSPS) is 16.9. The average Bonchev–Trinajstić information content (AvgIpc) is 3.05. The van der Waals surface area contributed by atoms with E-state index in [1.54, 1.807) is 33.7 Å². The number of rotatable bonds is 7. The Morgan fingerprint density at radius 2 is 1.23 bits per heavy atom. The maximum atomic E-state index is 12.2. The molecule has 12 heteroatoms. The molecule has 2 fully saturated rings. The zero-order valence-electron chi connectivity index (χ0n) is 27.8. The Morgan fingerprint density at radius 3 is 1.70 bits per heavy atom. The second-order valence-corrected chi connectivity index (χ2v) is 13.4. The molecule has 0 aliphatic carbocycles. The first-order valence-corrected chi connectivity index (χ1v) is 16.6. The summed E-state index contributed by atoms with van der Waals surface area (Å²) in [7, 11) is 0. The molecule has 6 heterocycles. The van der Waals surface area contributed by atoms with E-state index in [-0.39, 0.29) is 23.3 Å². The lowest BCUT2D eigenvalue weighted by Gasteiger charge is -2.32. The molecule has 4 aromatic heterocycles. The third-order valence-corrected chi connectivity index (χ3v) is 8.71. The number of ether oxygens (including phenoxy) is 1. The van der Waals surface area contributed by atoms with Crippen molar-refractivity contribution in [3.05, 3.63) is 81.6 Å². The van der Waals surface area contributed by atoms with E-state index in [0.717, 1.165) is 87.0 Å². The van der Waals surface area contributed by atoms with E-state index in [2.05, 4.69) is 25.1 Å². The highest BCUT2D eigenvalue weighted by molar-refractivity contribution is 5.75. The van der Waals surface area contributed by atoms with Gasteiger partial charge in [-0.2, -0.15) is 0 Å². The summed E-state index contributed by atoms with van der Waals surface area (Å²) < 4.78 is 8.82. The largest absolute Gasteiger partial charge is 0.444 e. The van der Waals surface area contributed by atoms with E-state index < -0.39 is 5.60 Å². The van der Waals surface area contributed by atoms with Crippen molar-refractivity contribution in [1.29, 1.82) is 0 Å². The van der Waals surface area contributed by atoms with Gasteiger partial charge in [-0.1, -0.05) is 0 Å². The zero-order valence-corrected chi connectivity index (χ0v) is 27.8. The summed E-state index contributed by atoms with van der Waals surface area (Å²) in [5.74, 6) is 0. The molecule has 0 unspecified atom stereocenters. The summed E-state index contributed by atoms with van der Waals surface area (Å²) in [5, 5.41) is 4.93. The van der Waals surface area contributed by atoms with Crippen LogP contribution in [0.25, 0.3) is 22.1 Å². The first kappa shape index (κ1) is 34.2. The Balaban J connectivity index is 0.000000193. The van der Waals surface area contributed by atoms with Crippen LogP contribution in [0.5, 0.6) is 0 Å². The van der Waals surface area contributed by atoms with Gasteiger partial charge in [0, 0.05) is 86.7 Å². The lowest BCUT2D eigenvalue weighted by Crippen LogP contribution is -2.46. The zero-order chi connectivity index (χ0) is 33.4. The Bertz CT molecular complexity index is 1750. The minimum absolute atomic E-state index is 0.0184. The van der Waals surface area contributed by atoms with Crippen LogP contribution in [0.4, 0.5) is 4.79 Å². The molecule has 2 aliphatic heterocycles. The van der Waals surface area contributed by atoms with Gasteiger partial charge in [0.05, 0.1) is 0 Å². The third kappa shape index (κ3) is 9.69. The van der Waals surface area contributed by atoms with Gasteiger partial charge >= 0.3 is 6.09 Å². The van der Waals surface area contributed by atoms with Gasteiger partial charge in [0.1, 0.15) is 16.9 Å². The second kappa shape index (κ2) is 15.6. The molecule has 2 aliphatic rings. The van der Waals surface area contributed by atoms with Crippen molar-refractivity contribution in [1.82, 2.24) is 34.2 Å². The van der Waals surface area contributed by atoms with E-state index in [1.165, 1.54) is 0 Å². The Morgan fingerprint density at radius 1 is 0.766 bits per heavy atom. The molecule has 0 saturated carbocycles. The smallest absolute Gasteiger partial charge is 0.407 e. The fraction of sp³-hybridized carbons (Fsp3) is 0.514. The second-order valence-electron chi connectivity index (χ2n) is 13.4. The quantitative estimate of drug-likeness (QED) is 0.310. The van der Waals surface area contributed by atoms with Crippen LogP contribution in [0.2, 0.25) is 0 Å². The van der Waals surface area contributed by atoms with Gasteiger partial charge in [-0.3, -0.25) is 18.7 Å². The molecule has 1 amide bonds. The van der Waals surface area contributed by atoms with E-state index >= 15 is 0 Å². The molecule has 0 spiro atoms. The molecule has 47 heavy (non-hydrogen) atoms. The van der Waals surface area contributed by atoms with Gasteiger partial charge in [-0.15, -0.1) is 0 Å². The van der Waals surface area contributed by atoms with Crippen molar-refractivity contribution < 1.29 is 9.53 Å². The van der Waals surface area contributed by atoms with E-state index in [0.29, 0.717) is 19.1 Å². The minimum atomic E-state index is -0.482. The Hall–Kier alpha value is -4.13. The lowest BCUT2D eigenvalue weighted by atomic mass is 10.1. The molecule has 2 saturated heterocycles. The number of hydrogen-bond donors (Lipinski definition) is 2. The molecule has 0 aromatic carbocycles. The van der Waals surface area contributed by atoms with Crippen molar-refractivity contribution in [2.75, 3.05) is 39.3 Å². The van der Waals surface area contributed by atoms with Crippen LogP contribution >= 0.6 is 0 Å². The number of alkyl carbamates (subject to hydrolysis) is 1. The first-order chi connectivity index (χ1) is 22.6. The van der Waals surface area contributed by atoms with Crippen molar-refractivity contribution in [2.45, 2.75) is 77.2 Å². The molecular formula is C35H48N8O4.